The molecule has 0 spiro atoms. The molecule has 0 radical (unpaired) electrons. The van der Waals surface area contributed by atoms with Crippen LogP contribution in [0.15, 0.2) is 22.7 Å². The Morgan fingerprint density at radius 2 is 2.08 bits per heavy atom. The van der Waals surface area contributed by atoms with E-state index in [4.69, 9.17) is 0 Å². The maximum absolute atomic E-state index is 3.50. The van der Waals surface area contributed by atoms with Gasteiger partial charge >= 0.3 is 0 Å². The number of quaternary nitrogens is 1. The zero-order chi connectivity index (χ0) is 8.77. The number of halogens is 1. The van der Waals surface area contributed by atoms with Crippen molar-refractivity contribution in [3.8, 4) is 0 Å². The standard InChI is InChI=1S/C10H13BrN/c1-12(2)6-5-8-7-9(11)3-4-10(8)12/h3-4,7H,5-6H2,1-2H3/q+1. The molecule has 64 valence electrons. The van der Waals surface area contributed by atoms with Gasteiger partial charge in [-0.15, -0.1) is 0 Å². The van der Waals surface area contributed by atoms with E-state index in [9.17, 15) is 0 Å². The topological polar surface area (TPSA) is 0 Å². The fraction of sp³-hybridized carbons (Fsp3) is 0.400. The summed E-state index contributed by atoms with van der Waals surface area (Å²) < 4.78 is 2.23. The van der Waals surface area contributed by atoms with Crippen LogP contribution in [0.3, 0.4) is 0 Å². The first kappa shape index (κ1) is 8.27. The SMILES string of the molecule is C[N+]1(C)CCc2cc(Br)ccc21. The van der Waals surface area contributed by atoms with Crippen LogP contribution in [0.2, 0.25) is 0 Å². The monoisotopic (exact) mass is 226 g/mol. The molecule has 0 saturated carbocycles. The molecule has 0 N–H and O–H groups in total. The molecular formula is C10H13BrN+. The Hall–Kier alpha value is -0.340. The first-order valence-electron chi connectivity index (χ1n) is 4.21. The molecule has 1 nitrogen and oxygen atoms in total. The summed E-state index contributed by atoms with van der Waals surface area (Å²) in [5, 5.41) is 0. The van der Waals surface area contributed by atoms with E-state index in [0.29, 0.717) is 0 Å². The molecule has 0 aliphatic carbocycles. The average molecular weight is 227 g/mol. The molecular weight excluding hydrogens is 214 g/mol. The molecule has 0 unspecified atom stereocenters. The van der Waals surface area contributed by atoms with Crippen molar-refractivity contribution in [3.05, 3.63) is 28.2 Å². The van der Waals surface area contributed by atoms with Crippen LogP contribution < -0.4 is 4.48 Å². The normalized spacial score (nSPS) is 19.2. The van der Waals surface area contributed by atoms with Crippen LogP contribution in [-0.4, -0.2) is 20.6 Å². The van der Waals surface area contributed by atoms with E-state index in [2.05, 4.69) is 48.2 Å². The predicted molar refractivity (Wildman–Crippen MR) is 56.4 cm³/mol. The number of benzene rings is 1. The summed E-state index contributed by atoms with van der Waals surface area (Å²) in [5.74, 6) is 0. The van der Waals surface area contributed by atoms with E-state index in [0.717, 1.165) is 4.48 Å². The number of nitrogens with zero attached hydrogens (tertiary/aromatic N) is 1. The Morgan fingerprint density at radius 3 is 2.83 bits per heavy atom. The van der Waals surface area contributed by atoms with E-state index in [1.807, 2.05) is 0 Å². The van der Waals surface area contributed by atoms with Gasteiger partial charge in [-0.2, -0.15) is 0 Å². The minimum absolute atomic E-state index is 1.03. The van der Waals surface area contributed by atoms with Crippen LogP contribution in [-0.2, 0) is 6.42 Å². The molecule has 2 heteroatoms. The summed E-state index contributed by atoms with van der Waals surface area (Å²) in [4.78, 5) is 0. The van der Waals surface area contributed by atoms with Gasteiger partial charge in [-0.3, -0.25) is 4.48 Å². The summed E-state index contributed by atoms with van der Waals surface area (Å²) in [5.41, 5.74) is 2.97. The summed E-state index contributed by atoms with van der Waals surface area (Å²) >= 11 is 3.50. The lowest BCUT2D eigenvalue weighted by atomic mass is 10.2. The predicted octanol–water partition coefficient (Wildman–Crippen LogP) is 2.57. The van der Waals surface area contributed by atoms with Crippen molar-refractivity contribution in [2.24, 2.45) is 0 Å². The van der Waals surface area contributed by atoms with Crippen molar-refractivity contribution in [2.45, 2.75) is 6.42 Å². The zero-order valence-electron chi connectivity index (χ0n) is 7.47. The van der Waals surface area contributed by atoms with E-state index in [1.165, 1.54) is 28.7 Å². The fourth-order valence-electron chi connectivity index (χ4n) is 1.87. The summed E-state index contributed by atoms with van der Waals surface area (Å²) in [6, 6.07) is 6.60. The van der Waals surface area contributed by atoms with Crippen LogP contribution in [0.25, 0.3) is 0 Å². The molecule has 2 rings (SSSR count). The molecule has 0 saturated heterocycles. The number of hydrogen-bond donors (Lipinski definition) is 0. The van der Waals surface area contributed by atoms with Gasteiger partial charge in [-0.1, -0.05) is 15.9 Å². The molecule has 1 aliphatic heterocycles. The lowest BCUT2D eigenvalue weighted by molar-refractivity contribution is 0.433. The Labute approximate surface area is 81.7 Å². The molecule has 0 atom stereocenters. The maximum Gasteiger partial charge on any atom is 0.135 e. The molecule has 1 aromatic rings. The Morgan fingerprint density at radius 1 is 1.33 bits per heavy atom. The molecule has 0 amide bonds. The van der Waals surface area contributed by atoms with Gasteiger partial charge in [0.05, 0.1) is 20.6 Å². The largest absolute Gasteiger partial charge is 0.295 e. The molecule has 0 aromatic heterocycles. The highest BCUT2D eigenvalue weighted by atomic mass is 79.9. The Balaban J connectivity index is 2.55. The zero-order valence-corrected chi connectivity index (χ0v) is 9.06. The van der Waals surface area contributed by atoms with E-state index in [-0.39, 0.29) is 0 Å². The van der Waals surface area contributed by atoms with Gasteiger partial charge in [0, 0.05) is 22.5 Å². The smallest absolute Gasteiger partial charge is 0.135 e. The van der Waals surface area contributed by atoms with Crippen LogP contribution in [0.1, 0.15) is 5.56 Å². The van der Waals surface area contributed by atoms with Crippen LogP contribution >= 0.6 is 15.9 Å². The molecule has 1 aliphatic rings. The second kappa shape index (κ2) is 2.57. The van der Waals surface area contributed by atoms with Crippen molar-refractivity contribution in [1.82, 2.24) is 4.48 Å². The lowest BCUT2D eigenvalue weighted by Gasteiger charge is -2.23. The minimum atomic E-state index is 1.03. The van der Waals surface area contributed by atoms with E-state index in [1.54, 1.807) is 0 Å². The highest BCUT2D eigenvalue weighted by Gasteiger charge is 2.29. The van der Waals surface area contributed by atoms with Crippen molar-refractivity contribution >= 4 is 21.6 Å². The molecule has 1 aromatic carbocycles. The Kier molecular flexibility index (Phi) is 1.77. The van der Waals surface area contributed by atoms with Gasteiger partial charge < -0.3 is 0 Å². The lowest BCUT2D eigenvalue weighted by Crippen LogP contribution is -2.37. The van der Waals surface area contributed by atoms with Gasteiger partial charge in [0.25, 0.3) is 0 Å². The van der Waals surface area contributed by atoms with Crippen LogP contribution in [0.4, 0.5) is 5.69 Å². The van der Waals surface area contributed by atoms with Crippen LogP contribution in [0.5, 0.6) is 0 Å². The molecule has 12 heavy (non-hydrogen) atoms. The fourth-order valence-corrected chi connectivity index (χ4v) is 2.27. The van der Waals surface area contributed by atoms with Gasteiger partial charge in [-0.25, -0.2) is 0 Å². The molecule has 1 heterocycles. The van der Waals surface area contributed by atoms with Crippen molar-refractivity contribution < 1.29 is 0 Å². The minimum Gasteiger partial charge on any atom is -0.295 e. The van der Waals surface area contributed by atoms with Gasteiger partial charge in [-0.05, 0) is 12.1 Å². The third kappa shape index (κ3) is 1.19. The van der Waals surface area contributed by atoms with Gasteiger partial charge in [0.15, 0.2) is 0 Å². The first-order valence-corrected chi connectivity index (χ1v) is 5.01. The quantitative estimate of drug-likeness (QED) is 0.597. The highest BCUT2D eigenvalue weighted by molar-refractivity contribution is 9.10. The second-order valence-corrected chi connectivity index (χ2v) is 4.85. The van der Waals surface area contributed by atoms with Crippen molar-refractivity contribution in [2.75, 3.05) is 20.6 Å². The number of rotatable bonds is 0. The van der Waals surface area contributed by atoms with Crippen molar-refractivity contribution in [3.63, 3.8) is 0 Å². The average Bonchev–Trinajstić information content (AvgIpc) is 2.27. The summed E-state index contributed by atoms with van der Waals surface area (Å²) in [6.07, 6.45) is 1.21. The summed E-state index contributed by atoms with van der Waals surface area (Å²) in [6.45, 7) is 1.23. The van der Waals surface area contributed by atoms with Crippen LogP contribution in [0, 0.1) is 0 Å². The third-order valence-corrected chi connectivity index (χ3v) is 3.13. The molecule has 0 bridgehead atoms. The van der Waals surface area contributed by atoms with Gasteiger partial charge in [0.1, 0.15) is 5.69 Å². The van der Waals surface area contributed by atoms with E-state index >= 15 is 0 Å². The number of likely N-dealkylation sites (N-methyl/N-ethyl adjacent to an activating group) is 1. The molecule has 0 fully saturated rings. The van der Waals surface area contributed by atoms with Crippen molar-refractivity contribution in [1.29, 1.82) is 0 Å². The Bertz CT molecular complexity index is 318. The number of fused-ring (bicyclic) bond motifs is 1. The van der Waals surface area contributed by atoms with Gasteiger partial charge in [0.2, 0.25) is 0 Å². The summed E-state index contributed by atoms with van der Waals surface area (Å²) in [7, 11) is 4.53. The second-order valence-electron chi connectivity index (χ2n) is 3.93. The number of hydrogen-bond acceptors (Lipinski definition) is 0. The van der Waals surface area contributed by atoms with E-state index < -0.39 is 0 Å². The highest BCUT2D eigenvalue weighted by Crippen LogP contribution is 2.33. The first-order chi connectivity index (χ1) is 5.59. The third-order valence-electron chi connectivity index (χ3n) is 2.63. The maximum atomic E-state index is 3.50.